The summed E-state index contributed by atoms with van der Waals surface area (Å²) in [5.41, 5.74) is 1.15. The molecule has 0 aromatic carbocycles. The van der Waals surface area contributed by atoms with Gasteiger partial charge < -0.3 is 10.4 Å². The Balaban J connectivity index is 1.87. The first-order chi connectivity index (χ1) is 6.28. The fourth-order valence-corrected chi connectivity index (χ4v) is 2.29. The number of nitrogens with one attached hydrogen (secondary N) is 1. The largest absolute Gasteiger partial charge is 0.393 e. The molecule has 72 valence electrons. The van der Waals surface area contributed by atoms with Crippen LogP contribution >= 0.6 is 11.3 Å². The summed E-state index contributed by atoms with van der Waals surface area (Å²) in [6.45, 7) is 2.10. The lowest BCUT2D eigenvalue weighted by atomic mass is 9.90. The molecule has 0 atom stereocenters. The van der Waals surface area contributed by atoms with Crippen LogP contribution in [-0.4, -0.2) is 22.2 Å². The second-order valence-electron chi connectivity index (χ2n) is 3.46. The fraction of sp³-hybridized carbons (Fsp3) is 0.667. The van der Waals surface area contributed by atoms with E-state index in [0.717, 1.165) is 30.1 Å². The van der Waals surface area contributed by atoms with Gasteiger partial charge in [-0.25, -0.2) is 4.98 Å². The Hall–Kier alpha value is -0.610. The molecule has 1 aliphatic carbocycles. The van der Waals surface area contributed by atoms with Crippen LogP contribution in [0.2, 0.25) is 0 Å². The number of aliphatic hydroxyl groups is 1. The Morgan fingerprint density at radius 2 is 2.46 bits per heavy atom. The smallest absolute Gasteiger partial charge is 0.183 e. The maximum absolute atomic E-state index is 9.09. The van der Waals surface area contributed by atoms with Gasteiger partial charge in [0.15, 0.2) is 5.13 Å². The fourth-order valence-electron chi connectivity index (χ4n) is 1.42. The molecule has 3 nitrogen and oxygen atoms in total. The van der Waals surface area contributed by atoms with Crippen LogP contribution in [0, 0.1) is 0 Å². The molecule has 1 aromatic rings. The summed E-state index contributed by atoms with van der Waals surface area (Å²) in [7, 11) is 0. The third kappa shape index (κ3) is 2.00. The molecule has 13 heavy (non-hydrogen) atoms. The van der Waals surface area contributed by atoms with Crippen molar-refractivity contribution in [2.45, 2.75) is 38.3 Å². The van der Waals surface area contributed by atoms with Gasteiger partial charge in [0.25, 0.3) is 0 Å². The third-order valence-electron chi connectivity index (χ3n) is 2.35. The summed E-state index contributed by atoms with van der Waals surface area (Å²) in [5.74, 6) is 0. The van der Waals surface area contributed by atoms with Crippen LogP contribution < -0.4 is 5.32 Å². The second-order valence-corrected chi connectivity index (χ2v) is 4.32. The van der Waals surface area contributed by atoms with Gasteiger partial charge in [-0.2, -0.15) is 0 Å². The number of hydrogen-bond acceptors (Lipinski definition) is 4. The molecular formula is C9H14N2OS. The first kappa shape index (κ1) is 8.97. The van der Waals surface area contributed by atoms with E-state index in [-0.39, 0.29) is 6.10 Å². The minimum atomic E-state index is -0.0943. The maximum atomic E-state index is 9.09. The van der Waals surface area contributed by atoms with Crippen LogP contribution in [0.5, 0.6) is 0 Å². The number of aliphatic hydroxyl groups excluding tert-OH is 1. The number of rotatable bonds is 3. The second kappa shape index (κ2) is 3.64. The number of aryl methyl sites for hydroxylation is 1. The molecule has 2 rings (SSSR count). The van der Waals surface area contributed by atoms with E-state index in [1.54, 1.807) is 11.3 Å². The van der Waals surface area contributed by atoms with Crippen molar-refractivity contribution in [1.29, 1.82) is 0 Å². The van der Waals surface area contributed by atoms with Crippen LogP contribution in [0.25, 0.3) is 0 Å². The van der Waals surface area contributed by atoms with E-state index < -0.39 is 0 Å². The molecule has 0 bridgehead atoms. The standard InChI is InChI=1S/C9H14N2OS/c1-2-6-5-13-9(10-6)11-7-3-8(12)4-7/h5,7-8,12H,2-4H2,1H3,(H,10,11). The predicted octanol–water partition coefficient (Wildman–Crippen LogP) is 1.64. The van der Waals surface area contributed by atoms with Gasteiger partial charge in [-0.05, 0) is 19.3 Å². The zero-order valence-electron chi connectivity index (χ0n) is 7.66. The van der Waals surface area contributed by atoms with Gasteiger partial charge in [-0.3, -0.25) is 0 Å². The molecule has 4 heteroatoms. The van der Waals surface area contributed by atoms with Gasteiger partial charge in [0.1, 0.15) is 0 Å². The predicted molar refractivity (Wildman–Crippen MR) is 54.1 cm³/mol. The number of nitrogens with zero attached hydrogens (tertiary/aromatic N) is 1. The minimum absolute atomic E-state index is 0.0943. The lowest BCUT2D eigenvalue weighted by Crippen LogP contribution is -2.38. The summed E-state index contributed by atoms with van der Waals surface area (Å²) in [6, 6.07) is 0.436. The minimum Gasteiger partial charge on any atom is -0.393 e. The molecule has 1 saturated carbocycles. The zero-order valence-corrected chi connectivity index (χ0v) is 8.47. The van der Waals surface area contributed by atoms with Gasteiger partial charge in [0.05, 0.1) is 11.8 Å². The summed E-state index contributed by atoms with van der Waals surface area (Å²) in [4.78, 5) is 4.40. The molecule has 1 aromatic heterocycles. The van der Waals surface area contributed by atoms with E-state index in [1.165, 1.54) is 0 Å². The number of hydrogen-bond donors (Lipinski definition) is 2. The summed E-state index contributed by atoms with van der Waals surface area (Å²) in [5, 5.41) is 15.5. The van der Waals surface area contributed by atoms with E-state index in [4.69, 9.17) is 5.11 Å². The monoisotopic (exact) mass is 198 g/mol. The Kier molecular flexibility index (Phi) is 2.51. The Bertz CT molecular complexity index is 281. The Labute approximate surface area is 81.8 Å². The molecule has 1 heterocycles. The first-order valence-electron chi connectivity index (χ1n) is 4.67. The van der Waals surface area contributed by atoms with Crippen LogP contribution in [0.3, 0.4) is 0 Å². The lowest BCUT2D eigenvalue weighted by molar-refractivity contribution is 0.0836. The van der Waals surface area contributed by atoms with Crippen LogP contribution in [0.15, 0.2) is 5.38 Å². The molecule has 0 spiro atoms. The quantitative estimate of drug-likeness (QED) is 0.776. The zero-order chi connectivity index (χ0) is 9.26. The van der Waals surface area contributed by atoms with Crippen LogP contribution in [-0.2, 0) is 6.42 Å². The van der Waals surface area contributed by atoms with Crippen molar-refractivity contribution >= 4 is 16.5 Å². The Morgan fingerprint density at radius 3 is 3.00 bits per heavy atom. The van der Waals surface area contributed by atoms with Crippen molar-refractivity contribution < 1.29 is 5.11 Å². The highest BCUT2D eigenvalue weighted by molar-refractivity contribution is 7.13. The highest BCUT2D eigenvalue weighted by atomic mass is 32.1. The maximum Gasteiger partial charge on any atom is 0.183 e. The van der Waals surface area contributed by atoms with E-state index in [9.17, 15) is 0 Å². The Morgan fingerprint density at radius 1 is 1.69 bits per heavy atom. The molecule has 0 aliphatic heterocycles. The van der Waals surface area contributed by atoms with Crippen molar-refractivity contribution in [2.75, 3.05) is 5.32 Å². The van der Waals surface area contributed by atoms with E-state index in [2.05, 4.69) is 22.6 Å². The van der Waals surface area contributed by atoms with Crippen molar-refractivity contribution in [2.24, 2.45) is 0 Å². The van der Waals surface area contributed by atoms with E-state index in [1.807, 2.05) is 0 Å². The SMILES string of the molecule is CCc1csc(NC2CC(O)C2)n1. The van der Waals surface area contributed by atoms with Gasteiger partial charge in [-0.15, -0.1) is 11.3 Å². The van der Waals surface area contributed by atoms with Crippen LogP contribution in [0.4, 0.5) is 5.13 Å². The van der Waals surface area contributed by atoms with E-state index in [0.29, 0.717) is 6.04 Å². The van der Waals surface area contributed by atoms with Gasteiger partial charge in [0.2, 0.25) is 0 Å². The summed E-state index contributed by atoms with van der Waals surface area (Å²) >= 11 is 1.65. The van der Waals surface area contributed by atoms with Gasteiger partial charge >= 0.3 is 0 Å². The van der Waals surface area contributed by atoms with Crippen LogP contribution in [0.1, 0.15) is 25.5 Å². The van der Waals surface area contributed by atoms with Gasteiger partial charge in [-0.1, -0.05) is 6.92 Å². The molecule has 0 amide bonds. The highest BCUT2D eigenvalue weighted by Crippen LogP contribution is 2.25. The normalized spacial score (nSPS) is 26.9. The molecule has 0 radical (unpaired) electrons. The average molecular weight is 198 g/mol. The molecule has 0 saturated heterocycles. The molecule has 0 unspecified atom stereocenters. The topological polar surface area (TPSA) is 45.1 Å². The molecule has 1 aliphatic rings. The summed E-state index contributed by atoms with van der Waals surface area (Å²) in [6.07, 6.45) is 2.62. The third-order valence-corrected chi connectivity index (χ3v) is 3.18. The van der Waals surface area contributed by atoms with E-state index >= 15 is 0 Å². The summed E-state index contributed by atoms with van der Waals surface area (Å²) < 4.78 is 0. The van der Waals surface area contributed by atoms with Crippen molar-refractivity contribution in [3.8, 4) is 0 Å². The van der Waals surface area contributed by atoms with Crippen molar-refractivity contribution in [3.05, 3.63) is 11.1 Å². The molecule has 2 N–H and O–H groups in total. The lowest BCUT2D eigenvalue weighted by Gasteiger charge is -2.31. The molecule has 1 fully saturated rings. The number of thiazole rings is 1. The average Bonchev–Trinajstić information content (AvgIpc) is 2.50. The number of aromatic nitrogens is 1. The van der Waals surface area contributed by atoms with Crippen molar-refractivity contribution in [1.82, 2.24) is 4.98 Å². The van der Waals surface area contributed by atoms with Gasteiger partial charge in [0, 0.05) is 11.4 Å². The highest BCUT2D eigenvalue weighted by Gasteiger charge is 2.27. The first-order valence-corrected chi connectivity index (χ1v) is 5.55. The number of anilines is 1. The van der Waals surface area contributed by atoms with Crippen molar-refractivity contribution in [3.63, 3.8) is 0 Å². The molecular weight excluding hydrogens is 184 g/mol.